The molecule has 2 unspecified atom stereocenters. The van der Waals surface area contributed by atoms with E-state index in [2.05, 4.69) is 17.4 Å². The van der Waals surface area contributed by atoms with E-state index in [9.17, 15) is 9.90 Å². The minimum absolute atomic E-state index is 0.156. The molecule has 1 aromatic rings. The van der Waals surface area contributed by atoms with Crippen LogP contribution in [0, 0.1) is 0 Å². The summed E-state index contributed by atoms with van der Waals surface area (Å²) in [5, 5.41) is 12.6. The maximum absolute atomic E-state index is 13.0. The van der Waals surface area contributed by atoms with Crippen LogP contribution in [-0.2, 0) is 11.2 Å². The Kier molecular flexibility index (Phi) is 4.56. The van der Waals surface area contributed by atoms with E-state index in [-0.39, 0.29) is 24.6 Å². The lowest BCUT2D eigenvalue weighted by Crippen LogP contribution is -2.50. The normalized spacial score (nSPS) is 25.5. The van der Waals surface area contributed by atoms with Gasteiger partial charge in [-0.1, -0.05) is 24.3 Å². The number of nitrogens with zero attached hydrogens (tertiary/aromatic N) is 1. The third-order valence-electron chi connectivity index (χ3n) is 4.73. The number of benzene rings is 1. The number of hydrogen-bond acceptors (Lipinski definition) is 3. The van der Waals surface area contributed by atoms with Crippen molar-refractivity contribution in [3.8, 4) is 0 Å². The second kappa shape index (κ2) is 6.58. The molecule has 2 aliphatic rings. The van der Waals surface area contributed by atoms with Crippen LogP contribution in [0.5, 0.6) is 0 Å². The van der Waals surface area contributed by atoms with E-state index in [0.29, 0.717) is 6.42 Å². The van der Waals surface area contributed by atoms with Crippen LogP contribution in [0.15, 0.2) is 24.3 Å². The van der Waals surface area contributed by atoms with Crippen LogP contribution in [0.4, 0.5) is 0 Å². The fourth-order valence-corrected chi connectivity index (χ4v) is 3.63. The second-order valence-corrected chi connectivity index (χ2v) is 6.03. The smallest absolute Gasteiger partial charge is 0.244 e. The highest BCUT2D eigenvalue weighted by atomic mass is 16.3. The summed E-state index contributed by atoms with van der Waals surface area (Å²) in [6.07, 6.45) is 4.92. The first-order chi connectivity index (χ1) is 10.3. The first kappa shape index (κ1) is 14.5. The third kappa shape index (κ3) is 2.97. The number of nitrogens with one attached hydrogen (secondary N) is 1. The highest BCUT2D eigenvalue weighted by Crippen LogP contribution is 2.28. The summed E-state index contributed by atoms with van der Waals surface area (Å²) < 4.78 is 0. The number of fused-ring (bicyclic) bond motifs is 1. The molecule has 0 bridgehead atoms. The molecule has 2 atom stereocenters. The van der Waals surface area contributed by atoms with Crippen LogP contribution in [0.1, 0.15) is 42.9 Å². The van der Waals surface area contributed by atoms with E-state index in [1.54, 1.807) is 0 Å². The van der Waals surface area contributed by atoms with Crippen molar-refractivity contribution in [2.45, 2.75) is 44.2 Å². The molecule has 3 rings (SSSR count). The van der Waals surface area contributed by atoms with Gasteiger partial charge in [-0.05, 0) is 43.2 Å². The molecular weight excluding hydrogens is 264 g/mol. The lowest BCUT2D eigenvalue weighted by Gasteiger charge is -2.39. The molecule has 1 fully saturated rings. The lowest BCUT2D eigenvalue weighted by molar-refractivity contribution is -0.137. The van der Waals surface area contributed by atoms with Gasteiger partial charge in [-0.2, -0.15) is 0 Å². The minimum atomic E-state index is -0.214. The predicted octanol–water partition coefficient (Wildman–Crippen LogP) is 1.64. The fraction of sp³-hybridized carbons (Fsp3) is 0.588. The standard InChI is InChI=1S/C17H24N2O2/c20-12-9-14-6-3-4-11-19(14)17(21)16-15-7-2-1-5-13(15)8-10-18-16/h1-2,5,7,14,16,18,20H,3-4,6,8-12H2. The zero-order valence-electron chi connectivity index (χ0n) is 12.4. The molecule has 0 aromatic heterocycles. The van der Waals surface area contributed by atoms with Crippen LogP contribution in [0.25, 0.3) is 0 Å². The van der Waals surface area contributed by atoms with Gasteiger partial charge in [0.25, 0.3) is 0 Å². The minimum Gasteiger partial charge on any atom is -0.396 e. The first-order valence-electron chi connectivity index (χ1n) is 8.04. The maximum atomic E-state index is 13.0. The summed E-state index contributed by atoms with van der Waals surface area (Å²) in [6.45, 7) is 1.83. The Morgan fingerprint density at radius 1 is 1.33 bits per heavy atom. The lowest BCUT2D eigenvalue weighted by atomic mass is 9.91. The largest absolute Gasteiger partial charge is 0.396 e. The summed E-state index contributed by atoms with van der Waals surface area (Å²) in [7, 11) is 0. The molecule has 1 amide bonds. The molecule has 114 valence electrons. The van der Waals surface area contributed by atoms with Gasteiger partial charge in [-0.3, -0.25) is 4.79 Å². The van der Waals surface area contributed by atoms with Gasteiger partial charge < -0.3 is 15.3 Å². The highest BCUT2D eigenvalue weighted by molar-refractivity contribution is 5.84. The molecule has 1 saturated heterocycles. The number of hydrogen-bond donors (Lipinski definition) is 2. The molecule has 21 heavy (non-hydrogen) atoms. The number of amides is 1. The average Bonchev–Trinajstić information content (AvgIpc) is 2.54. The average molecular weight is 288 g/mol. The summed E-state index contributed by atoms with van der Waals surface area (Å²) in [5.74, 6) is 0.181. The maximum Gasteiger partial charge on any atom is 0.244 e. The molecule has 0 radical (unpaired) electrons. The van der Waals surface area contributed by atoms with Gasteiger partial charge in [-0.15, -0.1) is 0 Å². The molecule has 0 spiro atoms. The number of aliphatic hydroxyl groups excluding tert-OH is 1. The Labute approximate surface area is 126 Å². The first-order valence-corrected chi connectivity index (χ1v) is 8.04. The highest BCUT2D eigenvalue weighted by Gasteiger charge is 2.33. The van der Waals surface area contributed by atoms with Crippen LogP contribution in [0.2, 0.25) is 0 Å². The monoisotopic (exact) mass is 288 g/mol. The van der Waals surface area contributed by atoms with Crippen molar-refractivity contribution in [1.82, 2.24) is 10.2 Å². The van der Waals surface area contributed by atoms with Crippen molar-refractivity contribution in [1.29, 1.82) is 0 Å². The molecule has 2 heterocycles. The molecule has 0 saturated carbocycles. The van der Waals surface area contributed by atoms with Gasteiger partial charge >= 0.3 is 0 Å². The van der Waals surface area contributed by atoms with Gasteiger partial charge in [0.15, 0.2) is 0 Å². The van der Waals surface area contributed by atoms with Crippen LogP contribution < -0.4 is 5.32 Å². The third-order valence-corrected chi connectivity index (χ3v) is 4.73. The van der Waals surface area contributed by atoms with Crippen molar-refractivity contribution >= 4 is 5.91 Å². The Bertz CT molecular complexity index is 501. The van der Waals surface area contributed by atoms with E-state index in [1.165, 1.54) is 5.56 Å². The van der Waals surface area contributed by atoms with Crippen molar-refractivity contribution < 1.29 is 9.90 Å². The quantitative estimate of drug-likeness (QED) is 0.889. The molecule has 0 aliphatic carbocycles. The number of rotatable bonds is 3. The Balaban J connectivity index is 1.81. The molecule has 2 aliphatic heterocycles. The van der Waals surface area contributed by atoms with Crippen molar-refractivity contribution in [3.63, 3.8) is 0 Å². The molecular formula is C17H24N2O2. The summed E-state index contributed by atoms with van der Waals surface area (Å²) in [5.41, 5.74) is 2.41. The van der Waals surface area contributed by atoms with E-state index in [1.807, 2.05) is 17.0 Å². The van der Waals surface area contributed by atoms with Crippen molar-refractivity contribution in [3.05, 3.63) is 35.4 Å². The van der Waals surface area contributed by atoms with Gasteiger partial charge in [0.2, 0.25) is 5.91 Å². The van der Waals surface area contributed by atoms with Crippen LogP contribution in [0.3, 0.4) is 0 Å². The Morgan fingerprint density at radius 2 is 2.19 bits per heavy atom. The topological polar surface area (TPSA) is 52.6 Å². The number of likely N-dealkylation sites (tertiary alicyclic amines) is 1. The number of aliphatic hydroxyl groups is 1. The second-order valence-electron chi connectivity index (χ2n) is 6.03. The molecule has 4 nitrogen and oxygen atoms in total. The predicted molar refractivity (Wildman–Crippen MR) is 81.9 cm³/mol. The molecule has 1 aromatic carbocycles. The zero-order chi connectivity index (χ0) is 14.7. The number of carbonyl (C=O) groups excluding carboxylic acids is 1. The SMILES string of the molecule is O=C(C1NCCc2ccccc21)N1CCCCC1CCO. The summed E-state index contributed by atoms with van der Waals surface area (Å²) in [6, 6.07) is 8.23. The zero-order valence-corrected chi connectivity index (χ0v) is 12.4. The van der Waals surface area contributed by atoms with E-state index in [4.69, 9.17) is 0 Å². The number of carbonyl (C=O) groups is 1. The van der Waals surface area contributed by atoms with Gasteiger partial charge in [-0.25, -0.2) is 0 Å². The van der Waals surface area contributed by atoms with Crippen molar-refractivity contribution in [2.24, 2.45) is 0 Å². The van der Waals surface area contributed by atoms with Crippen molar-refractivity contribution in [2.75, 3.05) is 19.7 Å². The van der Waals surface area contributed by atoms with Crippen LogP contribution in [-0.4, -0.2) is 41.7 Å². The van der Waals surface area contributed by atoms with Gasteiger partial charge in [0, 0.05) is 25.7 Å². The fourth-order valence-electron chi connectivity index (χ4n) is 3.63. The molecule has 4 heteroatoms. The Morgan fingerprint density at radius 3 is 3.05 bits per heavy atom. The summed E-state index contributed by atoms with van der Waals surface area (Å²) >= 11 is 0. The van der Waals surface area contributed by atoms with Gasteiger partial charge in [0.1, 0.15) is 6.04 Å². The van der Waals surface area contributed by atoms with E-state index >= 15 is 0 Å². The summed E-state index contributed by atoms with van der Waals surface area (Å²) in [4.78, 5) is 15.0. The Hall–Kier alpha value is -1.39. The van der Waals surface area contributed by atoms with E-state index in [0.717, 1.165) is 44.3 Å². The molecule has 2 N–H and O–H groups in total. The van der Waals surface area contributed by atoms with Gasteiger partial charge in [0.05, 0.1) is 0 Å². The van der Waals surface area contributed by atoms with E-state index < -0.39 is 0 Å². The number of piperidine rings is 1. The van der Waals surface area contributed by atoms with Crippen LogP contribution >= 0.6 is 0 Å².